The maximum absolute atomic E-state index is 12.1. The number of rotatable bonds is 5. The van der Waals surface area contributed by atoms with Crippen LogP contribution in [0.1, 0.15) is 27.8 Å². The third-order valence-electron chi connectivity index (χ3n) is 2.69. The van der Waals surface area contributed by atoms with Crippen molar-refractivity contribution in [3.05, 3.63) is 53.9 Å². The van der Waals surface area contributed by atoms with Gasteiger partial charge in [0.25, 0.3) is 5.91 Å². The van der Waals surface area contributed by atoms with Gasteiger partial charge in [0.2, 0.25) is 0 Å². The topological polar surface area (TPSA) is 88.5 Å². The summed E-state index contributed by atoms with van der Waals surface area (Å²) in [7, 11) is 0. The van der Waals surface area contributed by atoms with Crippen molar-refractivity contribution in [1.82, 2.24) is 4.98 Å². The molecule has 0 saturated heterocycles. The standard InChI is InChI=1S/C15H14N2O4/c1-2-21-11-7-5-10(6-8-11)14(18)17-12-4-3-9-16-13(12)15(19)20/h3-9H,2H2,1H3,(H,17,18)(H,19,20). The van der Waals surface area contributed by atoms with E-state index >= 15 is 0 Å². The molecule has 6 heteroatoms. The van der Waals surface area contributed by atoms with Gasteiger partial charge in [-0.15, -0.1) is 0 Å². The van der Waals surface area contributed by atoms with Gasteiger partial charge in [-0.3, -0.25) is 4.79 Å². The molecule has 2 rings (SSSR count). The molecular formula is C15H14N2O4. The first-order chi connectivity index (χ1) is 10.1. The Balaban J connectivity index is 2.16. The Hall–Kier alpha value is -2.89. The molecule has 0 unspecified atom stereocenters. The van der Waals surface area contributed by atoms with Crippen molar-refractivity contribution in [1.29, 1.82) is 0 Å². The van der Waals surface area contributed by atoms with Gasteiger partial charge in [0.1, 0.15) is 5.75 Å². The van der Waals surface area contributed by atoms with Crippen LogP contribution in [0.3, 0.4) is 0 Å². The van der Waals surface area contributed by atoms with E-state index in [-0.39, 0.29) is 11.4 Å². The number of aromatic nitrogens is 1. The van der Waals surface area contributed by atoms with Crippen molar-refractivity contribution in [3.63, 3.8) is 0 Å². The van der Waals surface area contributed by atoms with Crippen LogP contribution in [-0.4, -0.2) is 28.6 Å². The smallest absolute Gasteiger partial charge is 0.356 e. The molecule has 1 heterocycles. The molecular weight excluding hydrogens is 272 g/mol. The zero-order valence-electron chi connectivity index (χ0n) is 11.4. The lowest BCUT2D eigenvalue weighted by Gasteiger charge is -2.08. The van der Waals surface area contributed by atoms with Crippen LogP contribution in [0, 0.1) is 0 Å². The van der Waals surface area contributed by atoms with Gasteiger partial charge in [0.05, 0.1) is 12.3 Å². The number of carboxylic acids is 1. The van der Waals surface area contributed by atoms with Gasteiger partial charge in [-0.05, 0) is 43.3 Å². The molecule has 21 heavy (non-hydrogen) atoms. The molecule has 2 N–H and O–H groups in total. The Morgan fingerprint density at radius 2 is 1.95 bits per heavy atom. The van der Waals surface area contributed by atoms with E-state index in [4.69, 9.17) is 9.84 Å². The summed E-state index contributed by atoms with van der Waals surface area (Å²) in [5.41, 5.74) is 0.360. The number of nitrogens with zero attached hydrogens (tertiary/aromatic N) is 1. The Bertz CT molecular complexity index is 653. The molecule has 0 spiro atoms. The fraction of sp³-hybridized carbons (Fsp3) is 0.133. The minimum atomic E-state index is -1.20. The second-order valence-corrected chi connectivity index (χ2v) is 4.12. The Morgan fingerprint density at radius 1 is 1.24 bits per heavy atom. The summed E-state index contributed by atoms with van der Waals surface area (Å²) < 4.78 is 5.29. The molecule has 108 valence electrons. The number of carbonyl (C=O) groups excluding carboxylic acids is 1. The number of hydrogen-bond donors (Lipinski definition) is 2. The number of ether oxygens (including phenoxy) is 1. The third-order valence-corrected chi connectivity index (χ3v) is 2.69. The highest BCUT2D eigenvalue weighted by atomic mass is 16.5. The molecule has 0 aliphatic rings. The first-order valence-electron chi connectivity index (χ1n) is 6.34. The van der Waals surface area contributed by atoms with Crippen LogP contribution < -0.4 is 10.1 Å². The maximum Gasteiger partial charge on any atom is 0.356 e. The molecule has 0 fully saturated rings. The van der Waals surface area contributed by atoms with E-state index in [1.807, 2.05) is 6.92 Å². The Labute approximate surface area is 121 Å². The van der Waals surface area contributed by atoms with Crippen molar-refractivity contribution in [2.45, 2.75) is 6.92 Å². The van der Waals surface area contributed by atoms with E-state index in [0.717, 1.165) is 0 Å². The first-order valence-corrected chi connectivity index (χ1v) is 6.34. The lowest BCUT2D eigenvalue weighted by Crippen LogP contribution is -2.15. The summed E-state index contributed by atoms with van der Waals surface area (Å²) in [6, 6.07) is 9.62. The molecule has 1 aromatic heterocycles. The van der Waals surface area contributed by atoms with Crippen molar-refractivity contribution >= 4 is 17.6 Å². The van der Waals surface area contributed by atoms with Gasteiger partial charge in [-0.25, -0.2) is 9.78 Å². The first kappa shape index (κ1) is 14.5. The average molecular weight is 286 g/mol. The second kappa shape index (κ2) is 6.51. The second-order valence-electron chi connectivity index (χ2n) is 4.12. The molecule has 0 aliphatic carbocycles. The highest BCUT2D eigenvalue weighted by Gasteiger charge is 2.14. The number of nitrogens with one attached hydrogen (secondary N) is 1. The number of benzene rings is 1. The Morgan fingerprint density at radius 3 is 2.57 bits per heavy atom. The zero-order valence-corrected chi connectivity index (χ0v) is 11.4. The molecule has 0 bridgehead atoms. The molecule has 6 nitrogen and oxygen atoms in total. The number of amides is 1. The highest BCUT2D eigenvalue weighted by Crippen LogP contribution is 2.16. The molecule has 2 aromatic rings. The maximum atomic E-state index is 12.1. The van der Waals surface area contributed by atoms with E-state index in [2.05, 4.69) is 10.3 Å². The SMILES string of the molecule is CCOc1ccc(C(=O)Nc2cccnc2C(=O)O)cc1. The lowest BCUT2D eigenvalue weighted by molar-refractivity contribution is 0.0691. The number of carbonyl (C=O) groups is 2. The average Bonchev–Trinajstić information content (AvgIpc) is 2.48. The summed E-state index contributed by atoms with van der Waals surface area (Å²) in [5.74, 6) is -0.937. The van der Waals surface area contributed by atoms with Crippen molar-refractivity contribution in [2.75, 3.05) is 11.9 Å². The van der Waals surface area contributed by atoms with Gasteiger partial charge in [0, 0.05) is 11.8 Å². The van der Waals surface area contributed by atoms with Gasteiger partial charge >= 0.3 is 5.97 Å². The molecule has 0 aliphatic heterocycles. The quantitative estimate of drug-likeness (QED) is 0.881. The number of pyridine rings is 1. The van der Waals surface area contributed by atoms with E-state index < -0.39 is 11.9 Å². The van der Waals surface area contributed by atoms with Crippen LogP contribution in [0.2, 0.25) is 0 Å². The lowest BCUT2D eigenvalue weighted by atomic mass is 10.2. The van der Waals surface area contributed by atoms with Gasteiger partial charge in [-0.1, -0.05) is 0 Å². The van der Waals surface area contributed by atoms with Crippen LogP contribution in [0.5, 0.6) is 5.75 Å². The van der Waals surface area contributed by atoms with Crippen LogP contribution in [-0.2, 0) is 0 Å². The summed E-state index contributed by atoms with van der Waals surface area (Å²) in [5, 5.41) is 11.6. The Kier molecular flexibility index (Phi) is 4.50. The number of aromatic carboxylic acids is 1. The number of hydrogen-bond acceptors (Lipinski definition) is 4. The summed E-state index contributed by atoms with van der Waals surface area (Å²) in [4.78, 5) is 26.8. The van der Waals surface area contributed by atoms with Gasteiger partial charge in [0.15, 0.2) is 5.69 Å². The van der Waals surface area contributed by atoms with Crippen molar-refractivity contribution in [3.8, 4) is 5.75 Å². The van der Waals surface area contributed by atoms with E-state index in [0.29, 0.717) is 17.9 Å². The molecule has 1 amide bonds. The predicted molar refractivity (Wildman–Crippen MR) is 76.8 cm³/mol. The van der Waals surface area contributed by atoms with E-state index in [1.54, 1.807) is 30.3 Å². The van der Waals surface area contributed by atoms with Crippen LogP contribution in [0.25, 0.3) is 0 Å². The van der Waals surface area contributed by atoms with Gasteiger partial charge in [-0.2, -0.15) is 0 Å². The van der Waals surface area contributed by atoms with Gasteiger partial charge < -0.3 is 15.2 Å². The van der Waals surface area contributed by atoms with Crippen LogP contribution in [0.15, 0.2) is 42.6 Å². The number of anilines is 1. The highest BCUT2D eigenvalue weighted by molar-refractivity contribution is 6.07. The summed E-state index contributed by atoms with van der Waals surface area (Å²) in [6.07, 6.45) is 1.36. The molecule has 1 aromatic carbocycles. The third kappa shape index (κ3) is 3.56. The van der Waals surface area contributed by atoms with Crippen LogP contribution in [0.4, 0.5) is 5.69 Å². The number of carboxylic acid groups (broad SMARTS) is 1. The van der Waals surface area contributed by atoms with E-state index in [9.17, 15) is 9.59 Å². The minimum absolute atomic E-state index is 0.156. The van der Waals surface area contributed by atoms with E-state index in [1.165, 1.54) is 12.3 Å². The molecule has 0 atom stereocenters. The minimum Gasteiger partial charge on any atom is -0.494 e. The fourth-order valence-corrected chi connectivity index (χ4v) is 1.74. The fourth-order valence-electron chi connectivity index (χ4n) is 1.74. The van der Waals surface area contributed by atoms with Crippen molar-refractivity contribution in [2.24, 2.45) is 0 Å². The molecule has 0 radical (unpaired) electrons. The predicted octanol–water partition coefficient (Wildman–Crippen LogP) is 2.43. The summed E-state index contributed by atoms with van der Waals surface area (Å²) in [6.45, 7) is 2.42. The summed E-state index contributed by atoms with van der Waals surface area (Å²) >= 11 is 0. The van der Waals surface area contributed by atoms with Crippen LogP contribution >= 0.6 is 0 Å². The monoisotopic (exact) mass is 286 g/mol. The van der Waals surface area contributed by atoms with Crippen molar-refractivity contribution < 1.29 is 19.4 Å². The largest absolute Gasteiger partial charge is 0.494 e. The molecule has 0 saturated carbocycles. The zero-order chi connectivity index (χ0) is 15.2. The normalized spacial score (nSPS) is 9.95.